The van der Waals surface area contributed by atoms with Crippen molar-refractivity contribution in [1.29, 1.82) is 0 Å². The van der Waals surface area contributed by atoms with E-state index in [-0.39, 0.29) is 30.1 Å². The Morgan fingerprint density at radius 1 is 1.33 bits per heavy atom. The molecule has 1 heterocycles. The second kappa shape index (κ2) is 10.7. The Balaban J connectivity index is 0.00000288. The Hall–Kier alpha value is -1.15. The maximum Gasteiger partial charge on any atom is 0.238 e. The smallest absolute Gasteiger partial charge is 0.238 e. The highest BCUT2D eigenvalue weighted by atomic mass is 79.9. The molecule has 2 rings (SSSR count). The van der Waals surface area contributed by atoms with Gasteiger partial charge in [0.1, 0.15) is 0 Å². The maximum atomic E-state index is 12.2. The minimum Gasteiger partial charge on any atom is -0.355 e. The van der Waals surface area contributed by atoms with Crippen molar-refractivity contribution in [1.82, 2.24) is 10.2 Å². The number of hydrogen-bond acceptors (Lipinski definition) is 4. The summed E-state index contributed by atoms with van der Waals surface area (Å²) in [5, 5.41) is 5.72. The summed E-state index contributed by atoms with van der Waals surface area (Å²) in [4.78, 5) is 26.2. The Morgan fingerprint density at radius 3 is 2.79 bits per heavy atom. The molecule has 0 saturated carbocycles. The second-order valence-corrected chi connectivity index (χ2v) is 6.54. The molecular weight excluding hydrogens is 396 g/mol. The van der Waals surface area contributed by atoms with Crippen LogP contribution in [-0.4, -0.2) is 49.4 Å². The number of nitrogens with one attached hydrogen (secondary N) is 2. The normalized spacial score (nSPS) is 17.7. The molecule has 8 heteroatoms. The van der Waals surface area contributed by atoms with Crippen LogP contribution in [0.25, 0.3) is 0 Å². The molecule has 1 aliphatic heterocycles. The van der Waals surface area contributed by atoms with Crippen LogP contribution in [-0.2, 0) is 9.59 Å². The van der Waals surface area contributed by atoms with Crippen molar-refractivity contribution in [2.75, 3.05) is 38.0 Å². The van der Waals surface area contributed by atoms with E-state index in [0.29, 0.717) is 26.2 Å². The average Bonchev–Trinajstić information content (AvgIpc) is 2.55. The average molecular weight is 420 g/mol. The van der Waals surface area contributed by atoms with Crippen molar-refractivity contribution in [3.05, 3.63) is 28.7 Å². The van der Waals surface area contributed by atoms with Crippen LogP contribution in [0.15, 0.2) is 28.7 Å². The van der Waals surface area contributed by atoms with Crippen molar-refractivity contribution in [3.63, 3.8) is 0 Å². The lowest BCUT2D eigenvalue weighted by atomic mass is 9.97. The zero-order valence-electron chi connectivity index (χ0n) is 13.5. The number of nitrogens with two attached hydrogens (primary N) is 1. The Labute approximate surface area is 157 Å². The van der Waals surface area contributed by atoms with Gasteiger partial charge in [0.15, 0.2) is 0 Å². The summed E-state index contributed by atoms with van der Waals surface area (Å²) in [6.45, 7) is 2.68. The fraction of sp³-hybridized carbons (Fsp3) is 0.500. The monoisotopic (exact) mass is 418 g/mol. The summed E-state index contributed by atoms with van der Waals surface area (Å²) in [6.07, 6.45) is 1.78. The molecule has 1 saturated heterocycles. The van der Waals surface area contributed by atoms with E-state index < -0.39 is 0 Å². The number of para-hydroxylation sites is 1. The predicted octanol–water partition coefficient (Wildman–Crippen LogP) is 1.60. The molecule has 1 aromatic carbocycles. The standard InChI is InChI=1S/C16H23BrN4O2.ClH/c17-13-5-1-2-6-14(13)20-15(22)11-21-9-3-4-12(10-21)16(23)19-8-7-18;/h1-2,5-6,12H,3-4,7-11,18H2,(H,19,23)(H,20,22);1H. The van der Waals surface area contributed by atoms with E-state index in [2.05, 4.69) is 26.6 Å². The van der Waals surface area contributed by atoms with Crippen LogP contribution in [0.3, 0.4) is 0 Å². The minimum atomic E-state index is -0.0695. The zero-order valence-corrected chi connectivity index (χ0v) is 15.9. The highest BCUT2D eigenvalue weighted by Crippen LogP contribution is 2.21. The molecule has 0 spiro atoms. The van der Waals surface area contributed by atoms with Crippen LogP contribution < -0.4 is 16.4 Å². The SMILES string of the molecule is Cl.NCCNC(=O)C1CCCN(CC(=O)Nc2ccccc2Br)C1. The number of carbonyl (C=O) groups is 2. The molecule has 4 N–H and O–H groups in total. The van der Waals surface area contributed by atoms with Crippen molar-refractivity contribution in [2.24, 2.45) is 11.7 Å². The van der Waals surface area contributed by atoms with Gasteiger partial charge in [-0.3, -0.25) is 14.5 Å². The number of benzene rings is 1. The number of likely N-dealkylation sites (tertiary alicyclic amines) is 1. The number of carbonyl (C=O) groups excluding carboxylic acids is 2. The summed E-state index contributed by atoms with van der Waals surface area (Å²) in [7, 11) is 0. The topological polar surface area (TPSA) is 87.5 Å². The van der Waals surface area contributed by atoms with E-state index >= 15 is 0 Å². The van der Waals surface area contributed by atoms with Crippen LogP contribution in [0, 0.1) is 5.92 Å². The fourth-order valence-corrected chi connectivity index (χ4v) is 3.09. The first-order valence-corrected chi connectivity index (χ1v) is 8.64. The third kappa shape index (κ3) is 6.39. The van der Waals surface area contributed by atoms with Gasteiger partial charge in [-0.05, 0) is 47.4 Å². The third-order valence-corrected chi connectivity index (χ3v) is 4.53. The minimum absolute atomic E-state index is 0. The number of piperidine rings is 1. The van der Waals surface area contributed by atoms with Gasteiger partial charge in [0.25, 0.3) is 0 Å². The van der Waals surface area contributed by atoms with Crippen molar-refractivity contribution < 1.29 is 9.59 Å². The lowest BCUT2D eigenvalue weighted by molar-refractivity contribution is -0.127. The molecule has 1 aliphatic rings. The molecular formula is C16H24BrClN4O2. The maximum absolute atomic E-state index is 12.2. The molecule has 0 bridgehead atoms. The van der Waals surface area contributed by atoms with E-state index in [1.807, 2.05) is 29.2 Å². The van der Waals surface area contributed by atoms with Gasteiger partial charge >= 0.3 is 0 Å². The molecule has 1 unspecified atom stereocenters. The molecule has 1 fully saturated rings. The molecule has 0 radical (unpaired) electrons. The molecule has 1 atom stereocenters. The van der Waals surface area contributed by atoms with Crippen molar-refractivity contribution in [2.45, 2.75) is 12.8 Å². The number of rotatable bonds is 6. The van der Waals surface area contributed by atoms with Gasteiger partial charge in [-0.1, -0.05) is 12.1 Å². The number of anilines is 1. The number of amides is 2. The molecule has 24 heavy (non-hydrogen) atoms. The Kier molecular flexibility index (Phi) is 9.28. The summed E-state index contributed by atoms with van der Waals surface area (Å²) in [5.41, 5.74) is 6.16. The van der Waals surface area contributed by atoms with Gasteiger partial charge in [-0.25, -0.2) is 0 Å². The van der Waals surface area contributed by atoms with Gasteiger partial charge in [-0.15, -0.1) is 12.4 Å². The highest BCUT2D eigenvalue weighted by Gasteiger charge is 2.26. The van der Waals surface area contributed by atoms with Crippen molar-refractivity contribution >= 4 is 45.8 Å². The van der Waals surface area contributed by atoms with Crippen molar-refractivity contribution in [3.8, 4) is 0 Å². The number of nitrogens with zero attached hydrogens (tertiary/aromatic N) is 1. The first-order chi connectivity index (χ1) is 11.1. The zero-order chi connectivity index (χ0) is 16.7. The summed E-state index contributed by atoms with van der Waals surface area (Å²) < 4.78 is 0.853. The molecule has 2 amide bonds. The summed E-state index contributed by atoms with van der Waals surface area (Å²) >= 11 is 3.41. The highest BCUT2D eigenvalue weighted by molar-refractivity contribution is 9.10. The molecule has 0 aromatic heterocycles. The largest absolute Gasteiger partial charge is 0.355 e. The summed E-state index contributed by atoms with van der Waals surface area (Å²) in [5.74, 6) is -0.0992. The van der Waals surface area contributed by atoms with Crippen LogP contribution in [0.5, 0.6) is 0 Å². The summed E-state index contributed by atoms with van der Waals surface area (Å²) in [6, 6.07) is 7.50. The van der Waals surface area contributed by atoms with Gasteiger partial charge in [0, 0.05) is 24.1 Å². The van der Waals surface area contributed by atoms with E-state index in [1.54, 1.807) is 0 Å². The first kappa shape index (κ1) is 20.9. The predicted molar refractivity (Wildman–Crippen MR) is 101 cm³/mol. The Morgan fingerprint density at radius 2 is 2.08 bits per heavy atom. The van der Waals surface area contributed by atoms with E-state index in [4.69, 9.17) is 5.73 Å². The number of halogens is 2. The number of hydrogen-bond donors (Lipinski definition) is 3. The molecule has 0 aliphatic carbocycles. The molecule has 134 valence electrons. The van der Waals surface area contributed by atoms with Crippen LogP contribution in [0.2, 0.25) is 0 Å². The van der Waals surface area contributed by atoms with Gasteiger partial charge < -0.3 is 16.4 Å². The Bertz CT molecular complexity index is 559. The molecule has 6 nitrogen and oxygen atoms in total. The second-order valence-electron chi connectivity index (χ2n) is 5.68. The first-order valence-electron chi connectivity index (χ1n) is 7.84. The lowest BCUT2D eigenvalue weighted by Gasteiger charge is -2.31. The van der Waals surface area contributed by atoms with Crippen LogP contribution >= 0.6 is 28.3 Å². The van der Waals surface area contributed by atoms with E-state index in [9.17, 15) is 9.59 Å². The third-order valence-electron chi connectivity index (χ3n) is 3.84. The van der Waals surface area contributed by atoms with Gasteiger partial charge in [-0.2, -0.15) is 0 Å². The van der Waals surface area contributed by atoms with E-state index in [0.717, 1.165) is 29.5 Å². The quantitative estimate of drug-likeness (QED) is 0.653. The van der Waals surface area contributed by atoms with Gasteiger partial charge in [0.2, 0.25) is 11.8 Å². The fourth-order valence-electron chi connectivity index (χ4n) is 2.71. The van der Waals surface area contributed by atoms with Gasteiger partial charge in [0.05, 0.1) is 18.2 Å². The van der Waals surface area contributed by atoms with E-state index in [1.165, 1.54) is 0 Å². The lowest BCUT2D eigenvalue weighted by Crippen LogP contribution is -2.46. The molecule has 1 aromatic rings. The van der Waals surface area contributed by atoms with Crippen LogP contribution in [0.4, 0.5) is 5.69 Å². The van der Waals surface area contributed by atoms with Crippen LogP contribution in [0.1, 0.15) is 12.8 Å².